The first kappa shape index (κ1) is 15.8. The van der Waals surface area contributed by atoms with Gasteiger partial charge in [-0.25, -0.2) is 0 Å². The first-order valence-electron chi connectivity index (χ1n) is 7.01. The Kier molecular flexibility index (Phi) is 4.50. The molecule has 0 spiro atoms. The van der Waals surface area contributed by atoms with Crippen LogP contribution in [0, 0.1) is 0 Å². The topological polar surface area (TPSA) is 95.8 Å². The Morgan fingerprint density at radius 1 is 1.04 bits per heavy atom. The summed E-state index contributed by atoms with van der Waals surface area (Å²) in [4.78, 5) is 18.2. The van der Waals surface area contributed by atoms with Gasteiger partial charge in [0.2, 0.25) is 5.50 Å². The molecule has 0 saturated heterocycles. The van der Waals surface area contributed by atoms with E-state index in [1.807, 2.05) is 36.4 Å². The van der Waals surface area contributed by atoms with Gasteiger partial charge >= 0.3 is 7.60 Å². The van der Waals surface area contributed by atoms with Crippen LogP contribution >= 0.6 is 7.60 Å². The predicted molar refractivity (Wildman–Crippen MR) is 85.1 cm³/mol. The van der Waals surface area contributed by atoms with Crippen LogP contribution in [0.3, 0.4) is 0 Å². The third-order valence-electron chi connectivity index (χ3n) is 3.30. The van der Waals surface area contributed by atoms with Gasteiger partial charge in [0.1, 0.15) is 11.5 Å². The van der Waals surface area contributed by atoms with E-state index in [2.05, 4.69) is 5.32 Å². The maximum absolute atomic E-state index is 11.2. The standard InChI is InChI=1S/C16H16NO5P/c18-23(19,20)16-7-6-15(22-16)13-4-1-3-12(9-13)10-17-11-14-5-2-8-21-14/h1-9,17H,10-11H2,(H2,18,19,20). The summed E-state index contributed by atoms with van der Waals surface area (Å²) in [6.45, 7) is 1.26. The highest BCUT2D eigenvalue weighted by molar-refractivity contribution is 7.59. The molecular weight excluding hydrogens is 317 g/mol. The number of hydrogen-bond acceptors (Lipinski definition) is 4. The Morgan fingerprint density at radius 3 is 2.61 bits per heavy atom. The average Bonchev–Trinajstić information content (AvgIpc) is 3.18. The molecule has 0 amide bonds. The van der Waals surface area contributed by atoms with Crippen LogP contribution in [0.2, 0.25) is 0 Å². The second-order valence-corrected chi connectivity index (χ2v) is 6.59. The van der Waals surface area contributed by atoms with Crippen LogP contribution < -0.4 is 10.8 Å². The number of rotatable bonds is 6. The molecule has 2 aromatic heterocycles. The van der Waals surface area contributed by atoms with Gasteiger partial charge in [0.05, 0.1) is 12.8 Å². The molecule has 7 heteroatoms. The van der Waals surface area contributed by atoms with Gasteiger partial charge in [-0.15, -0.1) is 0 Å². The van der Waals surface area contributed by atoms with E-state index in [9.17, 15) is 4.57 Å². The Hall–Kier alpha value is -2.11. The van der Waals surface area contributed by atoms with Gasteiger partial charge in [0.15, 0.2) is 0 Å². The van der Waals surface area contributed by atoms with Gasteiger partial charge in [0, 0.05) is 12.1 Å². The maximum Gasteiger partial charge on any atom is 0.391 e. The first-order chi connectivity index (χ1) is 11.0. The second-order valence-electron chi connectivity index (χ2n) is 5.07. The number of furan rings is 2. The van der Waals surface area contributed by atoms with Gasteiger partial charge in [-0.05, 0) is 35.9 Å². The lowest BCUT2D eigenvalue weighted by atomic mass is 10.1. The summed E-state index contributed by atoms with van der Waals surface area (Å²) in [7, 11) is -4.36. The Bertz CT molecular complexity index is 819. The SMILES string of the molecule is O=P(O)(O)c1ccc(-c2cccc(CNCc3ccco3)c2)o1. The average molecular weight is 333 g/mol. The smallest absolute Gasteiger partial charge is 0.391 e. The molecule has 3 rings (SSSR count). The lowest BCUT2D eigenvalue weighted by Gasteiger charge is -2.05. The van der Waals surface area contributed by atoms with Crippen LogP contribution in [0.15, 0.2) is 63.6 Å². The van der Waals surface area contributed by atoms with Crippen LogP contribution in [0.25, 0.3) is 11.3 Å². The lowest BCUT2D eigenvalue weighted by Crippen LogP contribution is -2.12. The highest BCUT2D eigenvalue weighted by Crippen LogP contribution is 2.35. The molecule has 120 valence electrons. The summed E-state index contributed by atoms with van der Waals surface area (Å²) in [6.07, 6.45) is 1.63. The van der Waals surface area contributed by atoms with Crippen molar-refractivity contribution in [2.45, 2.75) is 13.1 Å². The molecule has 0 fully saturated rings. The van der Waals surface area contributed by atoms with E-state index in [4.69, 9.17) is 18.6 Å². The largest absolute Gasteiger partial charge is 0.468 e. The highest BCUT2D eigenvalue weighted by Gasteiger charge is 2.22. The fraction of sp³-hybridized carbons (Fsp3) is 0.125. The number of benzene rings is 1. The molecule has 0 radical (unpaired) electrons. The maximum atomic E-state index is 11.2. The molecule has 0 unspecified atom stereocenters. The summed E-state index contributed by atoms with van der Waals surface area (Å²) in [6, 6.07) is 14.2. The van der Waals surface area contributed by atoms with E-state index in [1.54, 1.807) is 12.3 Å². The van der Waals surface area contributed by atoms with Crippen molar-refractivity contribution in [3.8, 4) is 11.3 Å². The third-order valence-corrected chi connectivity index (χ3v) is 4.11. The van der Waals surface area contributed by atoms with Crippen molar-refractivity contribution in [3.63, 3.8) is 0 Å². The summed E-state index contributed by atoms with van der Waals surface area (Å²) in [5.74, 6) is 1.29. The summed E-state index contributed by atoms with van der Waals surface area (Å²) in [5.41, 5.74) is 1.47. The van der Waals surface area contributed by atoms with Crippen molar-refractivity contribution in [1.29, 1.82) is 0 Å². The number of hydrogen-bond donors (Lipinski definition) is 3. The minimum atomic E-state index is -4.36. The van der Waals surface area contributed by atoms with Crippen molar-refractivity contribution in [2.75, 3.05) is 0 Å². The monoisotopic (exact) mass is 333 g/mol. The molecule has 0 aliphatic carbocycles. The first-order valence-corrected chi connectivity index (χ1v) is 8.62. The molecule has 0 saturated carbocycles. The van der Waals surface area contributed by atoms with Crippen molar-refractivity contribution in [1.82, 2.24) is 5.32 Å². The zero-order valence-corrected chi connectivity index (χ0v) is 13.1. The van der Waals surface area contributed by atoms with Crippen molar-refractivity contribution in [2.24, 2.45) is 0 Å². The highest BCUT2D eigenvalue weighted by atomic mass is 31.2. The van der Waals surface area contributed by atoms with Gasteiger partial charge in [0.25, 0.3) is 0 Å². The molecule has 0 bridgehead atoms. The minimum Gasteiger partial charge on any atom is -0.468 e. The van der Waals surface area contributed by atoms with Gasteiger partial charge in [-0.2, -0.15) is 0 Å². The van der Waals surface area contributed by atoms with Gasteiger partial charge in [-0.3, -0.25) is 4.57 Å². The van der Waals surface area contributed by atoms with Crippen molar-refractivity contribution < 1.29 is 23.2 Å². The molecular formula is C16H16NO5P. The molecule has 0 atom stereocenters. The molecule has 3 N–H and O–H groups in total. The van der Waals surface area contributed by atoms with E-state index in [-0.39, 0.29) is 5.50 Å². The molecule has 3 aromatic rings. The van der Waals surface area contributed by atoms with E-state index >= 15 is 0 Å². The quantitative estimate of drug-likeness (QED) is 0.600. The van der Waals surface area contributed by atoms with Crippen molar-refractivity contribution >= 4 is 13.1 Å². The number of nitrogens with one attached hydrogen (secondary N) is 1. The molecule has 1 aromatic carbocycles. The Balaban J connectivity index is 1.69. The van der Waals surface area contributed by atoms with Gasteiger partial charge < -0.3 is 23.9 Å². The van der Waals surface area contributed by atoms with Gasteiger partial charge in [-0.1, -0.05) is 18.2 Å². The van der Waals surface area contributed by atoms with Crippen molar-refractivity contribution in [3.05, 3.63) is 66.1 Å². The van der Waals surface area contributed by atoms with Crippen LogP contribution in [0.5, 0.6) is 0 Å². The minimum absolute atomic E-state index is 0.325. The molecule has 23 heavy (non-hydrogen) atoms. The second kappa shape index (κ2) is 6.56. The molecule has 0 aliphatic rings. The fourth-order valence-corrected chi connectivity index (χ4v) is 2.70. The van der Waals surface area contributed by atoms with E-state index in [0.29, 0.717) is 18.8 Å². The molecule has 0 aliphatic heterocycles. The van der Waals surface area contributed by atoms with Crippen LogP contribution in [-0.4, -0.2) is 9.79 Å². The predicted octanol–water partition coefficient (Wildman–Crippen LogP) is 2.63. The summed E-state index contributed by atoms with van der Waals surface area (Å²) in [5, 5.41) is 3.26. The Morgan fingerprint density at radius 2 is 1.91 bits per heavy atom. The van der Waals surface area contributed by atoms with Crippen LogP contribution in [0.4, 0.5) is 0 Å². The zero-order chi connectivity index (χ0) is 16.3. The van der Waals surface area contributed by atoms with Crippen LogP contribution in [0.1, 0.15) is 11.3 Å². The molecule has 2 heterocycles. The van der Waals surface area contributed by atoms with E-state index in [1.165, 1.54) is 6.07 Å². The molecule has 6 nitrogen and oxygen atoms in total. The third kappa shape index (κ3) is 4.00. The lowest BCUT2D eigenvalue weighted by molar-refractivity contribution is 0.377. The van der Waals surface area contributed by atoms with Crippen LogP contribution in [-0.2, 0) is 17.7 Å². The summed E-state index contributed by atoms with van der Waals surface area (Å²) >= 11 is 0. The summed E-state index contributed by atoms with van der Waals surface area (Å²) < 4.78 is 21.7. The van der Waals surface area contributed by atoms with E-state index < -0.39 is 7.60 Å². The fourth-order valence-electron chi connectivity index (χ4n) is 2.22. The zero-order valence-electron chi connectivity index (χ0n) is 12.2. The normalized spacial score (nSPS) is 11.7. The van der Waals surface area contributed by atoms with E-state index in [0.717, 1.165) is 16.9 Å². The Labute approximate surface area is 132 Å².